The zero-order valence-electron chi connectivity index (χ0n) is 23.9. The molecule has 0 bridgehead atoms. The maximum absolute atomic E-state index is 13.6. The van der Waals surface area contributed by atoms with Crippen LogP contribution >= 0.6 is 0 Å². The molecule has 5 rings (SSSR count). The number of nitrogens with one attached hydrogen (secondary N) is 2. The summed E-state index contributed by atoms with van der Waals surface area (Å²) in [5.41, 5.74) is 3.02. The molecule has 2 N–H and O–H groups in total. The Balaban J connectivity index is 1.33. The number of hydrogen-bond donors (Lipinski definition) is 2. The number of urea groups is 1. The number of amides is 3. The number of fused-ring (bicyclic) bond motifs is 1. The Bertz CT molecular complexity index is 1520. The predicted octanol–water partition coefficient (Wildman–Crippen LogP) is 4.62. The third-order valence-electron chi connectivity index (χ3n) is 8.60. The molecular weight excluding hydrogens is 532 g/mol. The highest BCUT2D eigenvalue weighted by atomic mass is 19.3. The van der Waals surface area contributed by atoms with Crippen LogP contribution in [0, 0.1) is 19.8 Å². The van der Waals surface area contributed by atoms with Crippen LogP contribution in [0.5, 0.6) is 5.75 Å². The summed E-state index contributed by atoms with van der Waals surface area (Å²) in [4.78, 5) is 44.6. The number of halogens is 2. The van der Waals surface area contributed by atoms with Crippen LogP contribution in [0.1, 0.15) is 59.5 Å². The number of aromatic amines is 1. The maximum atomic E-state index is 13.6. The van der Waals surface area contributed by atoms with Crippen LogP contribution in [0.25, 0.3) is 10.9 Å². The van der Waals surface area contributed by atoms with Gasteiger partial charge in [-0.05, 0) is 51.7 Å². The first-order chi connectivity index (χ1) is 19.5. The topological polar surface area (TPSA) is 99.7 Å². The predicted molar refractivity (Wildman–Crippen MR) is 152 cm³/mol. The van der Waals surface area contributed by atoms with E-state index in [0.29, 0.717) is 35.7 Å². The number of carbonyl (C=O) groups excluding carboxylic acids is 2. The van der Waals surface area contributed by atoms with Gasteiger partial charge in [0, 0.05) is 54.4 Å². The van der Waals surface area contributed by atoms with Crippen LogP contribution < -0.4 is 15.6 Å². The Labute approximate surface area is 237 Å². The highest BCUT2D eigenvalue weighted by Crippen LogP contribution is 2.36. The van der Waals surface area contributed by atoms with Gasteiger partial charge < -0.3 is 29.4 Å². The van der Waals surface area contributed by atoms with E-state index in [2.05, 4.69) is 21.8 Å². The van der Waals surface area contributed by atoms with Gasteiger partial charge in [0.2, 0.25) is 0 Å². The molecule has 4 heterocycles. The number of H-pyrrole nitrogens is 1. The zero-order valence-corrected chi connectivity index (χ0v) is 23.9. The zero-order chi connectivity index (χ0) is 29.5. The summed E-state index contributed by atoms with van der Waals surface area (Å²) in [7, 11) is 1.49. The molecule has 1 aromatic carbocycles. The van der Waals surface area contributed by atoms with E-state index in [4.69, 9.17) is 4.74 Å². The quantitative estimate of drug-likeness (QED) is 0.453. The number of aryl methyl sites for hydroxylation is 1. The van der Waals surface area contributed by atoms with Crippen molar-refractivity contribution in [2.24, 2.45) is 5.92 Å². The minimum Gasteiger partial charge on any atom is -0.496 e. The van der Waals surface area contributed by atoms with Crippen molar-refractivity contribution in [2.75, 3.05) is 33.3 Å². The molecule has 0 unspecified atom stereocenters. The Hall–Kier alpha value is -3.89. The van der Waals surface area contributed by atoms with Crippen molar-refractivity contribution in [3.05, 3.63) is 63.2 Å². The fourth-order valence-electron chi connectivity index (χ4n) is 6.38. The lowest BCUT2D eigenvalue weighted by atomic mass is 9.90. The van der Waals surface area contributed by atoms with Gasteiger partial charge in [-0.2, -0.15) is 0 Å². The summed E-state index contributed by atoms with van der Waals surface area (Å²) < 4.78 is 34.8. The molecule has 1 atom stereocenters. The lowest BCUT2D eigenvalue weighted by molar-refractivity contribution is 0.0132. The molecule has 0 radical (unpaired) electrons. The molecule has 2 fully saturated rings. The van der Waals surface area contributed by atoms with Crippen molar-refractivity contribution in [1.29, 1.82) is 0 Å². The van der Waals surface area contributed by atoms with E-state index >= 15 is 0 Å². The van der Waals surface area contributed by atoms with Crippen molar-refractivity contribution >= 4 is 22.8 Å². The maximum Gasteiger partial charge on any atom is 0.320 e. The molecule has 11 heteroatoms. The van der Waals surface area contributed by atoms with Crippen molar-refractivity contribution in [1.82, 2.24) is 24.7 Å². The van der Waals surface area contributed by atoms with Gasteiger partial charge in [-0.25, -0.2) is 13.6 Å². The molecule has 2 aromatic heterocycles. The number of para-hydroxylation sites is 1. The Morgan fingerprint density at radius 3 is 2.51 bits per heavy atom. The fraction of sp³-hybridized carbons (Fsp3) is 0.500. The average Bonchev–Trinajstić information content (AvgIpc) is 3.46. The number of pyridine rings is 1. The monoisotopic (exact) mass is 569 g/mol. The summed E-state index contributed by atoms with van der Waals surface area (Å²) in [6, 6.07) is 9.21. The van der Waals surface area contributed by atoms with E-state index in [-0.39, 0.29) is 49.0 Å². The van der Waals surface area contributed by atoms with Crippen LogP contribution in [0.15, 0.2) is 35.1 Å². The van der Waals surface area contributed by atoms with Crippen LogP contribution in [-0.4, -0.2) is 70.5 Å². The summed E-state index contributed by atoms with van der Waals surface area (Å²) in [5.74, 6) is -2.43. The van der Waals surface area contributed by atoms with Crippen LogP contribution in [-0.2, 0) is 6.54 Å². The first-order valence-corrected chi connectivity index (χ1v) is 14.1. The number of carbonyl (C=O) groups is 2. The normalized spacial score (nSPS) is 18.1. The molecule has 3 amide bonds. The Morgan fingerprint density at radius 2 is 1.85 bits per heavy atom. The van der Waals surface area contributed by atoms with Crippen molar-refractivity contribution < 1.29 is 23.1 Å². The second kappa shape index (κ2) is 11.2. The van der Waals surface area contributed by atoms with E-state index in [9.17, 15) is 23.2 Å². The summed E-state index contributed by atoms with van der Waals surface area (Å²) in [6.45, 7) is 6.43. The van der Waals surface area contributed by atoms with Crippen LogP contribution in [0.2, 0.25) is 0 Å². The number of nitrogens with zero attached hydrogens (tertiary/aromatic N) is 3. The molecule has 3 aromatic rings. The highest BCUT2D eigenvalue weighted by molar-refractivity contribution is 6.08. The highest BCUT2D eigenvalue weighted by Gasteiger charge is 2.42. The van der Waals surface area contributed by atoms with Gasteiger partial charge in [-0.1, -0.05) is 18.2 Å². The van der Waals surface area contributed by atoms with Gasteiger partial charge >= 0.3 is 6.03 Å². The number of rotatable bonds is 6. The first kappa shape index (κ1) is 28.6. The number of ether oxygens (including phenoxy) is 1. The fourth-order valence-corrected chi connectivity index (χ4v) is 6.38. The summed E-state index contributed by atoms with van der Waals surface area (Å²) >= 11 is 0. The van der Waals surface area contributed by atoms with E-state index in [1.54, 1.807) is 17.9 Å². The Morgan fingerprint density at radius 1 is 1.15 bits per heavy atom. The number of methoxy groups -OCH3 is 1. The third kappa shape index (κ3) is 5.54. The molecule has 41 heavy (non-hydrogen) atoms. The molecule has 2 aliphatic heterocycles. The van der Waals surface area contributed by atoms with Gasteiger partial charge in [-0.3, -0.25) is 9.59 Å². The number of piperidine rings is 1. The number of aromatic nitrogens is 2. The molecular formula is C30H37F2N5O4. The van der Waals surface area contributed by atoms with Gasteiger partial charge in [0.25, 0.3) is 17.4 Å². The Kier molecular flexibility index (Phi) is 7.80. The molecule has 0 saturated carbocycles. The van der Waals surface area contributed by atoms with Gasteiger partial charge in [0.1, 0.15) is 5.75 Å². The first-order valence-electron chi connectivity index (χ1n) is 14.1. The van der Waals surface area contributed by atoms with E-state index in [1.165, 1.54) is 12.0 Å². The smallest absolute Gasteiger partial charge is 0.320 e. The van der Waals surface area contributed by atoms with E-state index in [1.807, 2.05) is 31.2 Å². The van der Waals surface area contributed by atoms with Gasteiger partial charge in [-0.15, -0.1) is 0 Å². The molecule has 2 aliphatic rings. The second-order valence-electron chi connectivity index (χ2n) is 11.2. The standard InChI is InChI=1S/C30H37F2N5O4/c1-18-15-25(41-4)23(27(38)34-18)16-33-28(39)26-20(3)37(24-8-6-5-7-22(24)26)19(2)21-9-12-35(13-10-21)29(40)36-14-11-30(31,32)17-36/h5-8,15,19,21H,9-14,16-17H2,1-4H3,(H,33,39)(H,34,38)/t19-/m1/s1. The second-order valence-corrected chi connectivity index (χ2v) is 11.2. The molecule has 0 spiro atoms. The van der Waals surface area contributed by atoms with Gasteiger partial charge in [0.05, 0.1) is 31.3 Å². The minimum atomic E-state index is -2.80. The lowest BCUT2D eigenvalue weighted by Crippen LogP contribution is -2.47. The molecule has 220 valence electrons. The molecule has 0 aliphatic carbocycles. The van der Waals surface area contributed by atoms with Crippen molar-refractivity contribution in [2.45, 2.75) is 58.5 Å². The number of likely N-dealkylation sites (tertiary alicyclic amines) is 2. The number of benzene rings is 1. The average molecular weight is 570 g/mol. The summed E-state index contributed by atoms with van der Waals surface area (Å²) in [6.07, 6.45) is 1.19. The summed E-state index contributed by atoms with van der Waals surface area (Å²) in [5, 5.41) is 3.73. The number of hydrogen-bond acceptors (Lipinski definition) is 4. The largest absolute Gasteiger partial charge is 0.496 e. The SMILES string of the molecule is COc1cc(C)[nH]c(=O)c1CNC(=O)c1c(C)n([C@H](C)C2CCN(C(=O)N3CCC(F)(F)C3)CC2)c2ccccc12. The van der Waals surface area contributed by atoms with E-state index in [0.717, 1.165) is 29.4 Å². The van der Waals surface area contributed by atoms with Crippen molar-refractivity contribution in [3.63, 3.8) is 0 Å². The minimum absolute atomic E-state index is 0.0154. The molecule has 9 nitrogen and oxygen atoms in total. The van der Waals surface area contributed by atoms with Crippen LogP contribution in [0.3, 0.4) is 0 Å². The van der Waals surface area contributed by atoms with Gasteiger partial charge in [0.15, 0.2) is 0 Å². The lowest BCUT2D eigenvalue weighted by Gasteiger charge is -2.37. The van der Waals surface area contributed by atoms with E-state index < -0.39 is 12.5 Å². The van der Waals surface area contributed by atoms with Crippen LogP contribution in [0.4, 0.5) is 13.6 Å². The third-order valence-corrected chi connectivity index (χ3v) is 8.60. The number of alkyl halides is 2. The van der Waals surface area contributed by atoms with Crippen molar-refractivity contribution in [3.8, 4) is 5.75 Å². The molecule has 2 saturated heterocycles.